The highest BCUT2D eigenvalue weighted by Gasteiger charge is 2.45. The van der Waals surface area contributed by atoms with Crippen molar-refractivity contribution in [2.75, 3.05) is 6.61 Å². The summed E-state index contributed by atoms with van der Waals surface area (Å²) in [6.45, 7) is 5.36. The molecular weight excluding hydrogens is 384 g/mol. The number of carbonyl (C=O) groups excluding carboxylic acids is 4. The molecule has 1 N–H and O–H groups in total. The Morgan fingerprint density at radius 3 is 2.30 bits per heavy atom. The summed E-state index contributed by atoms with van der Waals surface area (Å²) >= 11 is 0. The van der Waals surface area contributed by atoms with Gasteiger partial charge in [-0.05, 0) is 36.8 Å². The molecule has 4 atom stereocenters. The van der Waals surface area contributed by atoms with Crippen LogP contribution in [-0.2, 0) is 14.3 Å². The second kappa shape index (κ2) is 9.41. The summed E-state index contributed by atoms with van der Waals surface area (Å²) in [5.41, 5.74) is 0.570. The number of nitrogens with zero attached hydrogens (tertiary/aromatic N) is 1. The van der Waals surface area contributed by atoms with Gasteiger partial charge in [-0.15, -0.1) is 0 Å². The summed E-state index contributed by atoms with van der Waals surface area (Å²) in [5, 5.41) is 2.94. The van der Waals surface area contributed by atoms with Gasteiger partial charge in [0.15, 0.2) is 6.61 Å². The minimum atomic E-state index is -1.07. The summed E-state index contributed by atoms with van der Waals surface area (Å²) in [5.74, 6) is -2.00. The van der Waals surface area contributed by atoms with Gasteiger partial charge in [0.25, 0.3) is 17.7 Å². The molecule has 0 radical (unpaired) electrons. The van der Waals surface area contributed by atoms with E-state index in [4.69, 9.17) is 4.74 Å². The van der Waals surface area contributed by atoms with Crippen molar-refractivity contribution < 1.29 is 23.9 Å². The van der Waals surface area contributed by atoms with Gasteiger partial charge in [0.1, 0.15) is 6.04 Å². The number of hydrogen-bond donors (Lipinski definition) is 1. The van der Waals surface area contributed by atoms with Crippen LogP contribution in [0, 0.1) is 11.8 Å². The van der Waals surface area contributed by atoms with E-state index in [1.807, 2.05) is 6.92 Å². The van der Waals surface area contributed by atoms with Crippen LogP contribution in [0.15, 0.2) is 24.3 Å². The van der Waals surface area contributed by atoms with E-state index >= 15 is 0 Å². The molecule has 0 bridgehead atoms. The largest absolute Gasteiger partial charge is 0.454 e. The van der Waals surface area contributed by atoms with Crippen LogP contribution in [0.3, 0.4) is 0 Å². The maximum atomic E-state index is 12.9. The van der Waals surface area contributed by atoms with Gasteiger partial charge in [0.2, 0.25) is 0 Å². The van der Waals surface area contributed by atoms with Crippen molar-refractivity contribution in [3.63, 3.8) is 0 Å². The molecule has 1 aromatic rings. The zero-order valence-corrected chi connectivity index (χ0v) is 17.8. The second-order valence-electron chi connectivity index (χ2n) is 8.40. The van der Waals surface area contributed by atoms with Gasteiger partial charge in [0.05, 0.1) is 11.1 Å². The van der Waals surface area contributed by atoms with Gasteiger partial charge < -0.3 is 10.1 Å². The maximum absolute atomic E-state index is 12.9. The van der Waals surface area contributed by atoms with Crippen LogP contribution >= 0.6 is 0 Å². The van der Waals surface area contributed by atoms with Gasteiger partial charge >= 0.3 is 5.97 Å². The molecule has 7 nitrogen and oxygen atoms in total. The Morgan fingerprint density at radius 2 is 1.73 bits per heavy atom. The predicted octanol–water partition coefficient (Wildman–Crippen LogP) is 2.94. The number of carbonyl (C=O) groups is 4. The number of fused-ring (bicyclic) bond motifs is 1. The number of amides is 3. The lowest BCUT2D eigenvalue weighted by Gasteiger charge is -2.30. The lowest BCUT2D eigenvalue weighted by molar-refractivity contribution is -0.154. The second-order valence-corrected chi connectivity index (χ2v) is 8.40. The van der Waals surface area contributed by atoms with Gasteiger partial charge in [-0.3, -0.25) is 19.3 Å². The fraction of sp³-hybridized carbons (Fsp3) is 0.565. The number of nitrogens with one attached hydrogen (secondary N) is 1. The zero-order valence-electron chi connectivity index (χ0n) is 17.8. The molecule has 1 aromatic carbocycles. The van der Waals surface area contributed by atoms with Crippen LogP contribution in [0.1, 0.15) is 73.6 Å². The van der Waals surface area contributed by atoms with Gasteiger partial charge in [-0.2, -0.15) is 0 Å². The molecule has 1 aliphatic carbocycles. The van der Waals surface area contributed by atoms with Crippen LogP contribution in [-0.4, -0.2) is 47.3 Å². The molecule has 1 fully saturated rings. The van der Waals surface area contributed by atoms with Gasteiger partial charge in [-0.1, -0.05) is 52.2 Å². The van der Waals surface area contributed by atoms with Crippen molar-refractivity contribution >= 4 is 23.7 Å². The third kappa shape index (κ3) is 4.40. The summed E-state index contributed by atoms with van der Waals surface area (Å²) in [7, 11) is 0. The molecular formula is C23H30N2O5. The standard InChI is InChI=1S/C23H30N2O5/c1-4-14(2)20(25-21(27)16-10-6-7-11-17(16)22(25)28)23(29)30-13-19(26)24-18-12-8-5-9-15(18)3/h6-7,10-11,14-15,18,20H,4-5,8-9,12-13H2,1-3H3,(H,24,26)/t14-,15+,18+,20-/m0/s1. The molecule has 2 aliphatic rings. The molecule has 3 amide bonds. The molecule has 0 spiro atoms. The molecule has 3 rings (SSSR count). The summed E-state index contributed by atoms with van der Waals surface area (Å²) in [6, 6.07) is 5.54. The van der Waals surface area contributed by atoms with E-state index < -0.39 is 30.4 Å². The lowest BCUT2D eigenvalue weighted by Crippen LogP contribution is -2.50. The molecule has 0 unspecified atom stereocenters. The zero-order chi connectivity index (χ0) is 21.8. The quantitative estimate of drug-likeness (QED) is 0.547. The number of rotatable bonds is 7. The highest BCUT2D eigenvalue weighted by atomic mass is 16.5. The van der Waals surface area contributed by atoms with Gasteiger partial charge in [-0.25, -0.2) is 4.79 Å². The first-order valence-corrected chi connectivity index (χ1v) is 10.8. The number of benzene rings is 1. The first kappa shape index (κ1) is 22.0. The van der Waals surface area contributed by atoms with E-state index in [1.165, 1.54) is 6.42 Å². The molecule has 0 aromatic heterocycles. The van der Waals surface area contributed by atoms with Crippen molar-refractivity contribution in [3.8, 4) is 0 Å². The average Bonchev–Trinajstić information content (AvgIpc) is 2.99. The smallest absolute Gasteiger partial charge is 0.330 e. The van der Waals surface area contributed by atoms with Crippen molar-refractivity contribution in [2.45, 2.75) is 65.0 Å². The molecule has 1 heterocycles. The Kier molecular flexibility index (Phi) is 6.90. The highest BCUT2D eigenvalue weighted by molar-refractivity contribution is 6.22. The van der Waals surface area contributed by atoms with Crippen LogP contribution in [0.5, 0.6) is 0 Å². The van der Waals surface area contributed by atoms with E-state index in [1.54, 1.807) is 31.2 Å². The topological polar surface area (TPSA) is 92.8 Å². The Hall–Kier alpha value is -2.70. The average molecular weight is 415 g/mol. The van der Waals surface area contributed by atoms with E-state index in [9.17, 15) is 19.2 Å². The van der Waals surface area contributed by atoms with E-state index in [0.29, 0.717) is 12.3 Å². The Bertz CT molecular complexity index is 802. The van der Waals surface area contributed by atoms with E-state index in [-0.39, 0.29) is 29.0 Å². The van der Waals surface area contributed by atoms with Gasteiger partial charge in [0, 0.05) is 6.04 Å². The normalized spacial score (nSPS) is 23.0. The molecule has 0 saturated heterocycles. The Labute approximate surface area is 177 Å². The van der Waals surface area contributed by atoms with Crippen LogP contribution in [0.2, 0.25) is 0 Å². The first-order chi connectivity index (χ1) is 14.3. The summed E-state index contributed by atoms with van der Waals surface area (Å²) < 4.78 is 5.28. The summed E-state index contributed by atoms with van der Waals surface area (Å²) in [4.78, 5) is 51.8. The van der Waals surface area contributed by atoms with E-state index in [2.05, 4.69) is 12.2 Å². The molecule has 162 valence electrons. The van der Waals surface area contributed by atoms with Crippen molar-refractivity contribution in [3.05, 3.63) is 35.4 Å². The fourth-order valence-corrected chi connectivity index (χ4v) is 4.28. The molecule has 1 aliphatic heterocycles. The highest BCUT2D eigenvalue weighted by Crippen LogP contribution is 2.29. The van der Waals surface area contributed by atoms with E-state index in [0.717, 1.165) is 24.2 Å². The number of imide groups is 1. The molecule has 30 heavy (non-hydrogen) atoms. The first-order valence-electron chi connectivity index (χ1n) is 10.8. The number of esters is 1. The SMILES string of the molecule is CC[C@H](C)[C@@H](C(=O)OCC(=O)N[C@@H]1CCCC[C@H]1C)N1C(=O)c2ccccc2C1=O. The van der Waals surface area contributed by atoms with Crippen molar-refractivity contribution in [1.82, 2.24) is 10.2 Å². The Morgan fingerprint density at radius 1 is 1.13 bits per heavy atom. The Balaban J connectivity index is 1.67. The van der Waals surface area contributed by atoms with Crippen molar-refractivity contribution in [2.24, 2.45) is 11.8 Å². The van der Waals surface area contributed by atoms with Crippen LogP contribution < -0.4 is 5.32 Å². The molecule has 7 heteroatoms. The number of ether oxygens (including phenoxy) is 1. The fourth-order valence-electron chi connectivity index (χ4n) is 4.28. The third-order valence-electron chi connectivity index (χ3n) is 6.33. The predicted molar refractivity (Wildman–Crippen MR) is 111 cm³/mol. The number of hydrogen-bond acceptors (Lipinski definition) is 5. The monoisotopic (exact) mass is 414 g/mol. The van der Waals surface area contributed by atoms with Crippen LogP contribution in [0.25, 0.3) is 0 Å². The van der Waals surface area contributed by atoms with Crippen molar-refractivity contribution in [1.29, 1.82) is 0 Å². The summed E-state index contributed by atoms with van der Waals surface area (Å²) in [6.07, 6.45) is 4.80. The van der Waals surface area contributed by atoms with Crippen LogP contribution in [0.4, 0.5) is 0 Å². The maximum Gasteiger partial charge on any atom is 0.330 e. The third-order valence-corrected chi connectivity index (χ3v) is 6.33. The minimum Gasteiger partial charge on any atom is -0.454 e. The molecule has 1 saturated carbocycles. The minimum absolute atomic E-state index is 0.0894. The lowest BCUT2D eigenvalue weighted by atomic mass is 9.86.